The lowest BCUT2D eigenvalue weighted by Crippen LogP contribution is -2.14. The van der Waals surface area contributed by atoms with E-state index in [1.807, 2.05) is 12.4 Å². The van der Waals surface area contributed by atoms with E-state index in [2.05, 4.69) is 18.0 Å². The number of nitrogens with two attached hydrogens (primary N) is 1. The Balaban J connectivity index is 2.16. The molecule has 1 aliphatic rings. The van der Waals surface area contributed by atoms with Crippen molar-refractivity contribution in [3.8, 4) is 0 Å². The van der Waals surface area contributed by atoms with Gasteiger partial charge in [-0.15, -0.1) is 0 Å². The maximum Gasteiger partial charge on any atom is 0.0302 e. The summed E-state index contributed by atoms with van der Waals surface area (Å²) in [6, 6.07) is 2.64. The number of rotatable bonds is 1. The summed E-state index contributed by atoms with van der Waals surface area (Å²) in [6.45, 7) is 2.09. The molecular weight excluding hydrogens is 160 g/mol. The number of hydrogen-bond donors (Lipinski definition) is 1. The summed E-state index contributed by atoms with van der Waals surface area (Å²) < 4.78 is 0. The molecule has 2 rings (SSSR count). The Kier molecular flexibility index (Phi) is 2.32. The van der Waals surface area contributed by atoms with Gasteiger partial charge in [-0.1, -0.05) is 6.07 Å². The van der Waals surface area contributed by atoms with Crippen molar-refractivity contribution >= 4 is 0 Å². The van der Waals surface area contributed by atoms with Crippen LogP contribution in [0.3, 0.4) is 0 Å². The fourth-order valence-electron chi connectivity index (χ4n) is 2.12. The molecular formula is C11H16N2. The van der Waals surface area contributed by atoms with Crippen LogP contribution in [0, 0.1) is 6.92 Å². The molecule has 1 aromatic heterocycles. The minimum atomic E-state index is 0.408. The third kappa shape index (κ3) is 1.89. The molecule has 0 spiro atoms. The second kappa shape index (κ2) is 3.46. The zero-order valence-electron chi connectivity index (χ0n) is 8.03. The van der Waals surface area contributed by atoms with Crippen molar-refractivity contribution in [3.05, 3.63) is 29.6 Å². The zero-order valence-corrected chi connectivity index (χ0v) is 8.03. The summed E-state index contributed by atoms with van der Waals surface area (Å²) in [4.78, 5) is 4.21. The lowest BCUT2D eigenvalue weighted by Gasteiger charge is -2.09. The van der Waals surface area contributed by atoms with Gasteiger partial charge in [-0.3, -0.25) is 4.98 Å². The van der Waals surface area contributed by atoms with Crippen LogP contribution < -0.4 is 5.73 Å². The van der Waals surface area contributed by atoms with Crippen LogP contribution in [-0.4, -0.2) is 11.0 Å². The van der Waals surface area contributed by atoms with Crippen LogP contribution in [0.5, 0.6) is 0 Å². The van der Waals surface area contributed by atoms with Crippen molar-refractivity contribution in [1.82, 2.24) is 4.98 Å². The second-order valence-corrected chi connectivity index (χ2v) is 4.07. The van der Waals surface area contributed by atoms with Crippen LogP contribution in [0.2, 0.25) is 0 Å². The summed E-state index contributed by atoms with van der Waals surface area (Å²) in [5.74, 6) is 0.655. The maximum absolute atomic E-state index is 5.88. The molecule has 1 fully saturated rings. The highest BCUT2D eigenvalue weighted by molar-refractivity contribution is 5.21. The largest absolute Gasteiger partial charge is 0.328 e. The average Bonchev–Trinajstić information content (AvgIpc) is 2.52. The average molecular weight is 176 g/mol. The first kappa shape index (κ1) is 8.70. The van der Waals surface area contributed by atoms with Crippen LogP contribution in [0.1, 0.15) is 36.3 Å². The van der Waals surface area contributed by atoms with Gasteiger partial charge < -0.3 is 5.73 Å². The predicted octanol–water partition coefficient (Wildman–Crippen LogP) is 1.98. The molecule has 2 nitrogen and oxygen atoms in total. The lowest BCUT2D eigenvalue weighted by molar-refractivity contribution is 0.672. The number of nitrogens with zero attached hydrogens (tertiary/aromatic N) is 1. The highest BCUT2D eigenvalue weighted by atomic mass is 14.7. The Morgan fingerprint density at radius 1 is 1.38 bits per heavy atom. The molecule has 2 unspecified atom stereocenters. The third-order valence-corrected chi connectivity index (χ3v) is 2.84. The SMILES string of the molecule is Cc1cncc(C2CCC(N)C2)c1. The standard InChI is InChI=1S/C11H16N2/c1-8-4-10(7-13-6-8)9-2-3-11(12)5-9/h4,6-7,9,11H,2-3,5,12H2,1H3. The molecule has 2 N–H and O–H groups in total. The van der Waals surface area contributed by atoms with Gasteiger partial charge in [0.2, 0.25) is 0 Å². The van der Waals surface area contributed by atoms with Gasteiger partial charge in [-0.2, -0.15) is 0 Å². The topological polar surface area (TPSA) is 38.9 Å². The Hall–Kier alpha value is -0.890. The minimum absolute atomic E-state index is 0.408. The molecule has 0 aromatic carbocycles. The molecule has 0 radical (unpaired) electrons. The van der Waals surface area contributed by atoms with Gasteiger partial charge in [0.1, 0.15) is 0 Å². The molecule has 1 heterocycles. The maximum atomic E-state index is 5.88. The van der Waals surface area contributed by atoms with Crippen LogP contribution in [0.25, 0.3) is 0 Å². The summed E-state index contributed by atoms with van der Waals surface area (Å²) in [6.07, 6.45) is 7.41. The van der Waals surface area contributed by atoms with Crippen molar-refractivity contribution in [1.29, 1.82) is 0 Å². The summed E-state index contributed by atoms with van der Waals surface area (Å²) in [5, 5.41) is 0. The Morgan fingerprint density at radius 3 is 2.85 bits per heavy atom. The Labute approximate surface area is 79.2 Å². The van der Waals surface area contributed by atoms with Gasteiger partial charge in [0.05, 0.1) is 0 Å². The summed E-state index contributed by atoms with van der Waals surface area (Å²) >= 11 is 0. The second-order valence-electron chi connectivity index (χ2n) is 4.07. The number of hydrogen-bond acceptors (Lipinski definition) is 2. The first-order chi connectivity index (χ1) is 6.25. The highest BCUT2D eigenvalue weighted by Gasteiger charge is 2.23. The van der Waals surface area contributed by atoms with Crippen LogP contribution >= 0.6 is 0 Å². The molecule has 0 saturated heterocycles. The fourth-order valence-corrected chi connectivity index (χ4v) is 2.12. The smallest absolute Gasteiger partial charge is 0.0302 e. The van der Waals surface area contributed by atoms with Crippen molar-refractivity contribution < 1.29 is 0 Å². The Bertz CT molecular complexity index is 296. The first-order valence-corrected chi connectivity index (χ1v) is 4.93. The lowest BCUT2D eigenvalue weighted by atomic mass is 9.98. The van der Waals surface area contributed by atoms with E-state index in [0.29, 0.717) is 12.0 Å². The van der Waals surface area contributed by atoms with E-state index in [1.54, 1.807) is 0 Å². The minimum Gasteiger partial charge on any atom is -0.328 e. The normalized spacial score (nSPS) is 27.8. The van der Waals surface area contributed by atoms with Crippen LogP contribution in [0.15, 0.2) is 18.5 Å². The molecule has 2 atom stereocenters. The van der Waals surface area contributed by atoms with E-state index in [4.69, 9.17) is 5.73 Å². The zero-order chi connectivity index (χ0) is 9.26. The predicted molar refractivity (Wildman–Crippen MR) is 53.5 cm³/mol. The number of pyridine rings is 1. The van der Waals surface area contributed by atoms with Gasteiger partial charge in [-0.25, -0.2) is 0 Å². The van der Waals surface area contributed by atoms with Crippen molar-refractivity contribution in [2.24, 2.45) is 5.73 Å². The molecule has 1 aliphatic carbocycles. The fraction of sp³-hybridized carbons (Fsp3) is 0.545. The van der Waals surface area contributed by atoms with Gasteiger partial charge in [0.15, 0.2) is 0 Å². The van der Waals surface area contributed by atoms with E-state index in [1.165, 1.54) is 24.0 Å². The molecule has 2 heteroatoms. The van der Waals surface area contributed by atoms with E-state index in [-0.39, 0.29) is 0 Å². The van der Waals surface area contributed by atoms with Gasteiger partial charge in [0, 0.05) is 18.4 Å². The van der Waals surface area contributed by atoms with E-state index >= 15 is 0 Å². The summed E-state index contributed by atoms with van der Waals surface area (Å²) in [5.41, 5.74) is 8.50. The van der Waals surface area contributed by atoms with E-state index < -0.39 is 0 Å². The summed E-state index contributed by atoms with van der Waals surface area (Å²) in [7, 11) is 0. The Morgan fingerprint density at radius 2 is 2.23 bits per heavy atom. The molecule has 13 heavy (non-hydrogen) atoms. The molecule has 0 aliphatic heterocycles. The van der Waals surface area contributed by atoms with Gasteiger partial charge in [0.25, 0.3) is 0 Å². The molecule has 1 saturated carbocycles. The molecule has 70 valence electrons. The third-order valence-electron chi connectivity index (χ3n) is 2.84. The molecule has 1 aromatic rings. The first-order valence-electron chi connectivity index (χ1n) is 4.93. The van der Waals surface area contributed by atoms with Crippen LogP contribution in [0.4, 0.5) is 0 Å². The highest BCUT2D eigenvalue weighted by Crippen LogP contribution is 2.33. The molecule has 0 bridgehead atoms. The van der Waals surface area contributed by atoms with Crippen LogP contribution in [-0.2, 0) is 0 Å². The van der Waals surface area contributed by atoms with Gasteiger partial charge in [-0.05, 0) is 43.2 Å². The van der Waals surface area contributed by atoms with Crippen molar-refractivity contribution in [2.45, 2.75) is 38.1 Å². The van der Waals surface area contributed by atoms with Crippen molar-refractivity contribution in [3.63, 3.8) is 0 Å². The quantitative estimate of drug-likeness (QED) is 0.710. The monoisotopic (exact) mass is 176 g/mol. The van der Waals surface area contributed by atoms with E-state index in [9.17, 15) is 0 Å². The van der Waals surface area contributed by atoms with Crippen molar-refractivity contribution in [2.75, 3.05) is 0 Å². The molecule has 0 amide bonds. The number of aromatic nitrogens is 1. The van der Waals surface area contributed by atoms with Gasteiger partial charge >= 0.3 is 0 Å². The number of aryl methyl sites for hydroxylation is 1. The van der Waals surface area contributed by atoms with E-state index in [0.717, 1.165) is 6.42 Å².